The quantitative estimate of drug-likeness (QED) is 0.430. The van der Waals surface area contributed by atoms with Gasteiger partial charge in [0, 0.05) is 5.56 Å². The van der Waals surface area contributed by atoms with E-state index < -0.39 is 23.5 Å². The van der Waals surface area contributed by atoms with E-state index in [1.807, 2.05) is 0 Å². The molecule has 150 valence electrons. The second kappa shape index (κ2) is 7.75. The van der Waals surface area contributed by atoms with E-state index in [-0.39, 0.29) is 17.0 Å². The zero-order chi connectivity index (χ0) is 20.5. The minimum Gasteiger partial charge on any atom is -0.292 e. The monoisotopic (exact) mass is 391 g/mol. The standard InChI is InChI=1S/C20H23F6N/c1-18(2,3)15-6-9-27(10-7-15)8-4-5-14-11-16(19(21,22)23)13-17(12-14)20(24,25)26/h11-13,15H,6-10H2,1-3H3. The number of likely N-dealkylation sites (tertiary alicyclic amines) is 1. The first kappa shape index (κ1) is 21.6. The van der Waals surface area contributed by atoms with Gasteiger partial charge in [-0.1, -0.05) is 32.6 Å². The van der Waals surface area contributed by atoms with Crippen molar-refractivity contribution in [3.8, 4) is 11.8 Å². The van der Waals surface area contributed by atoms with Crippen LogP contribution in [-0.2, 0) is 12.4 Å². The predicted molar refractivity (Wildman–Crippen MR) is 91.9 cm³/mol. The van der Waals surface area contributed by atoms with Crippen molar-refractivity contribution in [2.75, 3.05) is 19.6 Å². The maximum atomic E-state index is 12.9. The lowest BCUT2D eigenvalue weighted by Gasteiger charge is -2.38. The summed E-state index contributed by atoms with van der Waals surface area (Å²) in [4.78, 5) is 2.08. The molecule has 0 unspecified atom stereocenters. The molecule has 1 heterocycles. The van der Waals surface area contributed by atoms with Gasteiger partial charge in [-0.25, -0.2) is 0 Å². The van der Waals surface area contributed by atoms with Crippen LogP contribution in [0.3, 0.4) is 0 Å². The van der Waals surface area contributed by atoms with Crippen LogP contribution in [0, 0.1) is 23.2 Å². The summed E-state index contributed by atoms with van der Waals surface area (Å²) in [5.74, 6) is 5.79. The van der Waals surface area contributed by atoms with Gasteiger partial charge in [-0.3, -0.25) is 4.90 Å². The van der Waals surface area contributed by atoms with Gasteiger partial charge in [0.05, 0.1) is 17.7 Å². The van der Waals surface area contributed by atoms with Gasteiger partial charge in [0.15, 0.2) is 0 Å². The van der Waals surface area contributed by atoms with E-state index in [2.05, 4.69) is 37.5 Å². The van der Waals surface area contributed by atoms with Crippen LogP contribution in [0.5, 0.6) is 0 Å². The van der Waals surface area contributed by atoms with Crippen LogP contribution in [0.15, 0.2) is 18.2 Å². The molecule has 0 aromatic heterocycles. The smallest absolute Gasteiger partial charge is 0.292 e. The fourth-order valence-corrected chi connectivity index (χ4v) is 3.24. The normalized spacial score (nSPS) is 17.5. The van der Waals surface area contributed by atoms with Crippen LogP contribution < -0.4 is 0 Å². The van der Waals surface area contributed by atoms with E-state index in [1.54, 1.807) is 0 Å². The van der Waals surface area contributed by atoms with Crippen LogP contribution in [0.25, 0.3) is 0 Å². The zero-order valence-electron chi connectivity index (χ0n) is 15.6. The number of halogens is 6. The third-order valence-electron chi connectivity index (χ3n) is 4.94. The summed E-state index contributed by atoms with van der Waals surface area (Å²) in [5.41, 5.74) is -2.73. The SMILES string of the molecule is CC(C)(C)C1CCN(CC#Cc2cc(C(F)(F)F)cc(C(F)(F)F)c2)CC1. The third kappa shape index (κ3) is 6.17. The molecule has 1 aromatic rings. The fourth-order valence-electron chi connectivity index (χ4n) is 3.24. The minimum atomic E-state index is -4.85. The molecule has 27 heavy (non-hydrogen) atoms. The molecule has 7 heteroatoms. The topological polar surface area (TPSA) is 3.24 Å². The molecule has 0 amide bonds. The lowest BCUT2D eigenvalue weighted by Crippen LogP contribution is -2.38. The second-order valence-corrected chi connectivity index (χ2v) is 8.01. The average Bonchev–Trinajstić information content (AvgIpc) is 2.52. The Bertz CT molecular complexity index is 675. The molecule has 0 atom stereocenters. The van der Waals surface area contributed by atoms with E-state index >= 15 is 0 Å². The van der Waals surface area contributed by atoms with Gasteiger partial charge in [0.2, 0.25) is 0 Å². The van der Waals surface area contributed by atoms with Gasteiger partial charge in [-0.05, 0) is 55.5 Å². The highest BCUT2D eigenvalue weighted by Crippen LogP contribution is 2.36. The average molecular weight is 391 g/mol. The van der Waals surface area contributed by atoms with Gasteiger partial charge in [0.1, 0.15) is 0 Å². The van der Waals surface area contributed by atoms with Gasteiger partial charge in [-0.2, -0.15) is 26.3 Å². The molecule has 0 spiro atoms. The molecule has 1 aromatic carbocycles. The summed E-state index contributed by atoms with van der Waals surface area (Å²) in [6.45, 7) is 8.56. The Hall–Kier alpha value is -1.68. The van der Waals surface area contributed by atoms with E-state index in [0.717, 1.165) is 25.9 Å². The lowest BCUT2D eigenvalue weighted by atomic mass is 9.75. The minimum absolute atomic E-state index is 0.114. The lowest BCUT2D eigenvalue weighted by molar-refractivity contribution is -0.143. The summed E-state index contributed by atoms with van der Waals surface area (Å²) < 4.78 is 77.1. The van der Waals surface area contributed by atoms with Crippen LogP contribution in [0.2, 0.25) is 0 Å². The molecular weight excluding hydrogens is 368 g/mol. The number of alkyl halides is 6. The molecule has 1 aliphatic heterocycles. The Kier molecular flexibility index (Phi) is 6.20. The van der Waals surface area contributed by atoms with Crippen molar-refractivity contribution in [2.24, 2.45) is 11.3 Å². The van der Waals surface area contributed by atoms with Crippen molar-refractivity contribution in [1.29, 1.82) is 0 Å². The molecule has 1 aliphatic rings. The number of hydrogen-bond donors (Lipinski definition) is 0. The number of nitrogens with zero attached hydrogens (tertiary/aromatic N) is 1. The molecule has 0 radical (unpaired) electrons. The maximum Gasteiger partial charge on any atom is 0.416 e. The highest BCUT2D eigenvalue weighted by Gasteiger charge is 2.36. The number of rotatable bonds is 1. The highest BCUT2D eigenvalue weighted by molar-refractivity contribution is 5.42. The Labute approximate surface area is 155 Å². The van der Waals surface area contributed by atoms with Gasteiger partial charge >= 0.3 is 12.4 Å². The summed E-state index contributed by atoms with van der Waals surface area (Å²) in [6, 6.07) is 1.44. The molecule has 1 nitrogen and oxygen atoms in total. The first-order chi connectivity index (χ1) is 12.3. The van der Waals surface area contributed by atoms with E-state index in [4.69, 9.17) is 0 Å². The first-order valence-corrected chi connectivity index (χ1v) is 8.77. The molecule has 1 fully saturated rings. The maximum absolute atomic E-state index is 12.9. The number of piperidine rings is 1. The second-order valence-electron chi connectivity index (χ2n) is 8.01. The van der Waals surface area contributed by atoms with Crippen molar-refractivity contribution in [3.05, 3.63) is 34.9 Å². The van der Waals surface area contributed by atoms with E-state index in [9.17, 15) is 26.3 Å². The van der Waals surface area contributed by atoms with Gasteiger partial charge in [-0.15, -0.1) is 0 Å². The summed E-state index contributed by atoms with van der Waals surface area (Å²) in [5, 5.41) is 0. The molecule has 2 rings (SSSR count). The van der Waals surface area contributed by atoms with Crippen LogP contribution in [0.4, 0.5) is 26.3 Å². The van der Waals surface area contributed by atoms with E-state index in [1.165, 1.54) is 0 Å². The molecule has 0 saturated carbocycles. The van der Waals surface area contributed by atoms with Crippen molar-refractivity contribution in [1.82, 2.24) is 4.90 Å². The Morgan fingerprint density at radius 2 is 1.37 bits per heavy atom. The van der Waals surface area contributed by atoms with Crippen molar-refractivity contribution in [2.45, 2.75) is 46.0 Å². The molecule has 0 N–H and O–H groups in total. The summed E-state index contributed by atoms with van der Waals surface area (Å²) >= 11 is 0. The summed E-state index contributed by atoms with van der Waals surface area (Å²) in [7, 11) is 0. The number of hydrogen-bond acceptors (Lipinski definition) is 1. The molecule has 0 aliphatic carbocycles. The van der Waals surface area contributed by atoms with Gasteiger partial charge < -0.3 is 0 Å². The largest absolute Gasteiger partial charge is 0.416 e. The Morgan fingerprint density at radius 3 is 1.78 bits per heavy atom. The molecular formula is C20H23F6N. The highest BCUT2D eigenvalue weighted by atomic mass is 19.4. The molecule has 0 bridgehead atoms. The number of benzene rings is 1. The van der Waals surface area contributed by atoms with Crippen molar-refractivity contribution in [3.63, 3.8) is 0 Å². The van der Waals surface area contributed by atoms with Crippen LogP contribution in [-0.4, -0.2) is 24.5 Å². The Morgan fingerprint density at radius 1 is 0.889 bits per heavy atom. The molecule has 1 saturated heterocycles. The van der Waals surface area contributed by atoms with Crippen molar-refractivity contribution < 1.29 is 26.3 Å². The zero-order valence-corrected chi connectivity index (χ0v) is 15.6. The Balaban J connectivity index is 2.10. The third-order valence-corrected chi connectivity index (χ3v) is 4.94. The van der Waals surface area contributed by atoms with Crippen LogP contribution in [0.1, 0.15) is 50.3 Å². The van der Waals surface area contributed by atoms with E-state index in [0.29, 0.717) is 24.6 Å². The fraction of sp³-hybridized carbons (Fsp3) is 0.600. The first-order valence-electron chi connectivity index (χ1n) is 8.77. The van der Waals surface area contributed by atoms with Gasteiger partial charge in [0.25, 0.3) is 0 Å². The van der Waals surface area contributed by atoms with Crippen molar-refractivity contribution >= 4 is 0 Å². The van der Waals surface area contributed by atoms with Crippen LogP contribution >= 0.6 is 0 Å². The summed E-state index contributed by atoms with van der Waals surface area (Å²) in [6.07, 6.45) is -7.70. The predicted octanol–water partition coefficient (Wildman–Crippen LogP) is 5.83.